The predicted molar refractivity (Wildman–Crippen MR) is 64.7 cm³/mol. The van der Waals surface area contributed by atoms with Crippen LogP contribution >= 0.6 is 11.8 Å². The first-order chi connectivity index (χ1) is 6.68. The fraction of sp³-hybridized carbons (Fsp3) is 0.455. The van der Waals surface area contributed by atoms with Crippen LogP contribution in [-0.4, -0.2) is 31.3 Å². The van der Waals surface area contributed by atoms with Crippen LogP contribution in [0.3, 0.4) is 0 Å². The number of nitrogens with two attached hydrogens (primary N) is 1. The van der Waals surface area contributed by atoms with E-state index >= 15 is 0 Å². The molecule has 14 heavy (non-hydrogen) atoms. The minimum absolute atomic E-state index is 0.850. The smallest absolute Gasteiger partial charge is 0.0325 e. The largest absolute Gasteiger partial charge is 0.399 e. The third kappa shape index (κ3) is 4.53. The van der Waals surface area contributed by atoms with E-state index in [1.165, 1.54) is 11.3 Å². The number of nitrogens with zero attached hydrogens (tertiary/aromatic N) is 1. The highest BCUT2D eigenvalue weighted by atomic mass is 32.2. The quantitative estimate of drug-likeness (QED) is 0.459. The van der Waals surface area contributed by atoms with Gasteiger partial charge in [0.05, 0.1) is 0 Å². The molecular weight excluding hydrogens is 192 g/mol. The summed E-state index contributed by atoms with van der Waals surface area (Å²) in [6.45, 7) is 1.15. The lowest BCUT2D eigenvalue weighted by Gasteiger charge is -2.08. The van der Waals surface area contributed by atoms with Crippen LogP contribution in [0.1, 0.15) is 6.42 Å². The number of nitrogen functional groups attached to an aromatic ring is 1. The summed E-state index contributed by atoms with van der Waals surface area (Å²) in [6, 6.07) is 8.06. The van der Waals surface area contributed by atoms with Gasteiger partial charge < -0.3 is 10.6 Å². The molecule has 1 rings (SSSR count). The Kier molecular flexibility index (Phi) is 4.84. The maximum Gasteiger partial charge on any atom is 0.0325 e. The molecular formula is C11H18N2S. The molecule has 0 amide bonds. The van der Waals surface area contributed by atoms with Gasteiger partial charge in [0.25, 0.3) is 0 Å². The number of rotatable bonds is 5. The summed E-state index contributed by atoms with van der Waals surface area (Å²) in [7, 11) is 4.20. The van der Waals surface area contributed by atoms with Gasteiger partial charge in [-0.05, 0) is 51.0 Å². The summed E-state index contributed by atoms with van der Waals surface area (Å²) in [4.78, 5) is 3.48. The van der Waals surface area contributed by atoms with E-state index in [9.17, 15) is 0 Å². The monoisotopic (exact) mass is 210 g/mol. The Hall–Kier alpha value is -0.670. The predicted octanol–water partition coefficient (Wildman–Crippen LogP) is 2.31. The van der Waals surface area contributed by atoms with E-state index in [0.717, 1.165) is 18.0 Å². The van der Waals surface area contributed by atoms with Crippen molar-refractivity contribution in [3.63, 3.8) is 0 Å². The summed E-state index contributed by atoms with van der Waals surface area (Å²) < 4.78 is 0. The molecule has 0 fully saturated rings. The molecule has 2 nitrogen and oxygen atoms in total. The van der Waals surface area contributed by atoms with Crippen LogP contribution in [0.25, 0.3) is 0 Å². The molecule has 1 aromatic rings. The summed E-state index contributed by atoms with van der Waals surface area (Å²) in [5.41, 5.74) is 6.54. The van der Waals surface area contributed by atoms with Crippen molar-refractivity contribution >= 4 is 17.4 Å². The van der Waals surface area contributed by atoms with E-state index in [4.69, 9.17) is 5.73 Å². The highest BCUT2D eigenvalue weighted by Crippen LogP contribution is 2.20. The number of anilines is 1. The summed E-state index contributed by atoms with van der Waals surface area (Å²) in [6.07, 6.45) is 1.21. The van der Waals surface area contributed by atoms with Crippen LogP contribution < -0.4 is 5.73 Å². The average Bonchev–Trinajstić information content (AvgIpc) is 2.12. The minimum atomic E-state index is 0.850. The first-order valence-corrected chi connectivity index (χ1v) is 5.80. The third-order valence-electron chi connectivity index (χ3n) is 1.88. The number of thioether (sulfide) groups is 1. The van der Waals surface area contributed by atoms with Crippen molar-refractivity contribution in [2.24, 2.45) is 0 Å². The van der Waals surface area contributed by atoms with Gasteiger partial charge in [-0.1, -0.05) is 6.07 Å². The Balaban J connectivity index is 2.25. The molecule has 0 bridgehead atoms. The summed E-state index contributed by atoms with van der Waals surface area (Å²) in [5.74, 6) is 1.15. The SMILES string of the molecule is CN(C)CCCSc1cccc(N)c1. The standard InChI is InChI=1S/C11H18N2S/c1-13(2)7-4-8-14-11-6-3-5-10(12)9-11/h3,5-6,9H,4,7-8,12H2,1-2H3. The van der Waals surface area contributed by atoms with E-state index in [-0.39, 0.29) is 0 Å². The molecule has 1 aromatic carbocycles. The molecule has 0 radical (unpaired) electrons. The van der Waals surface area contributed by atoms with Crippen molar-refractivity contribution in [3.05, 3.63) is 24.3 Å². The number of hydrogen-bond acceptors (Lipinski definition) is 3. The van der Waals surface area contributed by atoms with Gasteiger partial charge in [0.1, 0.15) is 0 Å². The fourth-order valence-corrected chi connectivity index (χ4v) is 2.08. The molecule has 0 aliphatic rings. The van der Waals surface area contributed by atoms with Crippen LogP contribution in [0.4, 0.5) is 5.69 Å². The molecule has 0 saturated carbocycles. The zero-order valence-electron chi connectivity index (χ0n) is 8.86. The Morgan fingerprint density at radius 2 is 2.14 bits per heavy atom. The molecule has 0 spiro atoms. The van der Waals surface area contributed by atoms with Gasteiger partial charge in [-0.25, -0.2) is 0 Å². The van der Waals surface area contributed by atoms with Gasteiger partial charge in [0.2, 0.25) is 0 Å². The van der Waals surface area contributed by atoms with Crippen molar-refractivity contribution < 1.29 is 0 Å². The highest BCUT2D eigenvalue weighted by molar-refractivity contribution is 7.99. The zero-order chi connectivity index (χ0) is 10.4. The van der Waals surface area contributed by atoms with Gasteiger partial charge in [-0.3, -0.25) is 0 Å². The van der Waals surface area contributed by atoms with E-state index < -0.39 is 0 Å². The molecule has 0 aliphatic heterocycles. The third-order valence-corrected chi connectivity index (χ3v) is 2.96. The Bertz CT molecular complexity index is 274. The van der Waals surface area contributed by atoms with Gasteiger partial charge >= 0.3 is 0 Å². The van der Waals surface area contributed by atoms with Crippen molar-refractivity contribution in [2.75, 3.05) is 32.1 Å². The fourth-order valence-electron chi connectivity index (χ4n) is 1.18. The van der Waals surface area contributed by atoms with Crippen LogP contribution in [0, 0.1) is 0 Å². The average molecular weight is 210 g/mol. The van der Waals surface area contributed by atoms with Crippen molar-refractivity contribution in [1.29, 1.82) is 0 Å². The number of benzene rings is 1. The molecule has 0 unspecified atom stereocenters. The molecule has 0 aliphatic carbocycles. The minimum Gasteiger partial charge on any atom is -0.399 e. The first-order valence-electron chi connectivity index (χ1n) is 4.81. The second-order valence-corrected chi connectivity index (χ2v) is 4.75. The van der Waals surface area contributed by atoms with E-state index in [0.29, 0.717) is 0 Å². The lowest BCUT2D eigenvalue weighted by molar-refractivity contribution is 0.410. The van der Waals surface area contributed by atoms with Crippen LogP contribution in [-0.2, 0) is 0 Å². The molecule has 3 heteroatoms. The van der Waals surface area contributed by atoms with Gasteiger partial charge in [0.15, 0.2) is 0 Å². The maximum atomic E-state index is 5.69. The molecule has 2 N–H and O–H groups in total. The highest BCUT2D eigenvalue weighted by Gasteiger charge is 1.95. The van der Waals surface area contributed by atoms with Crippen LogP contribution in [0.2, 0.25) is 0 Å². The molecule has 0 atom stereocenters. The van der Waals surface area contributed by atoms with E-state index in [1.807, 2.05) is 30.0 Å². The van der Waals surface area contributed by atoms with Crippen LogP contribution in [0.15, 0.2) is 29.2 Å². The molecule has 0 saturated heterocycles. The van der Waals surface area contributed by atoms with Gasteiger partial charge in [-0.2, -0.15) is 0 Å². The zero-order valence-corrected chi connectivity index (χ0v) is 9.68. The normalized spacial score (nSPS) is 10.8. The van der Waals surface area contributed by atoms with Crippen molar-refractivity contribution in [1.82, 2.24) is 4.90 Å². The Labute approximate surface area is 90.5 Å². The molecule has 78 valence electrons. The van der Waals surface area contributed by atoms with Crippen molar-refractivity contribution in [2.45, 2.75) is 11.3 Å². The van der Waals surface area contributed by atoms with Crippen LogP contribution in [0.5, 0.6) is 0 Å². The summed E-state index contributed by atoms with van der Waals surface area (Å²) >= 11 is 1.87. The van der Waals surface area contributed by atoms with Gasteiger partial charge in [-0.15, -0.1) is 11.8 Å². The van der Waals surface area contributed by atoms with Gasteiger partial charge in [0, 0.05) is 10.6 Å². The van der Waals surface area contributed by atoms with Crippen molar-refractivity contribution in [3.8, 4) is 0 Å². The molecule has 0 heterocycles. The Morgan fingerprint density at radius 3 is 2.79 bits per heavy atom. The van der Waals surface area contributed by atoms with E-state index in [1.54, 1.807) is 0 Å². The molecule has 0 aromatic heterocycles. The van der Waals surface area contributed by atoms with E-state index in [2.05, 4.69) is 25.1 Å². The Morgan fingerprint density at radius 1 is 1.36 bits per heavy atom. The topological polar surface area (TPSA) is 29.3 Å². The maximum absolute atomic E-state index is 5.69. The second kappa shape index (κ2) is 5.94. The second-order valence-electron chi connectivity index (χ2n) is 3.58. The number of hydrogen-bond donors (Lipinski definition) is 1. The first kappa shape index (κ1) is 11.4. The lowest BCUT2D eigenvalue weighted by atomic mass is 10.3. The summed E-state index contributed by atoms with van der Waals surface area (Å²) in [5, 5.41) is 0. The lowest BCUT2D eigenvalue weighted by Crippen LogP contribution is -2.13.